The third-order valence-corrected chi connectivity index (χ3v) is 3.72. The van der Waals surface area contributed by atoms with Gasteiger partial charge in [-0.1, -0.05) is 18.2 Å². The summed E-state index contributed by atoms with van der Waals surface area (Å²) in [6.07, 6.45) is 2.02. The summed E-state index contributed by atoms with van der Waals surface area (Å²) < 4.78 is 21.3. The number of para-hydroxylation sites is 1. The van der Waals surface area contributed by atoms with Gasteiger partial charge in [0.25, 0.3) is 0 Å². The van der Waals surface area contributed by atoms with E-state index in [4.69, 9.17) is 18.9 Å². The van der Waals surface area contributed by atoms with E-state index in [9.17, 15) is 4.79 Å². The summed E-state index contributed by atoms with van der Waals surface area (Å²) in [5.74, 6) is 1.87. The van der Waals surface area contributed by atoms with Crippen molar-refractivity contribution >= 4 is 17.9 Å². The van der Waals surface area contributed by atoms with E-state index in [-0.39, 0.29) is 5.70 Å². The number of esters is 1. The van der Waals surface area contributed by atoms with Crippen LogP contribution in [0.25, 0.3) is 6.08 Å². The highest BCUT2D eigenvalue weighted by Gasteiger charge is 2.23. The molecular formula is C20H19NO5. The van der Waals surface area contributed by atoms with E-state index >= 15 is 0 Å². The van der Waals surface area contributed by atoms with E-state index in [1.54, 1.807) is 38.5 Å². The fourth-order valence-electron chi connectivity index (χ4n) is 2.43. The largest absolute Gasteiger partial charge is 0.497 e. The molecule has 1 heterocycles. The summed E-state index contributed by atoms with van der Waals surface area (Å²) in [5.41, 5.74) is 0.899. The van der Waals surface area contributed by atoms with Gasteiger partial charge in [0, 0.05) is 5.56 Å². The van der Waals surface area contributed by atoms with Crippen molar-refractivity contribution in [3.05, 3.63) is 59.8 Å². The summed E-state index contributed by atoms with van der Waals surface area (Å²) in [6.45, 7) is 0.367. The van der Waals surface area contributed by atoms with Crippen molar-refractivity contribution < 1.29 is 23.7 Å². The number of carbonyl (C=O) groups is 1. The van der Waals surface area contributed by atoms with Gasteiger partial charge in [0.15, 0.2) is 5.70 Å². The van der Waals surface area contributed by atoms with Gasteiger partial charge in [-0.25, -0.2) is 9.79 Å². The van der Waals surface area contributed by atoms with Crippen LogP contribution in [0.1, 0.15) is 12.0 Å². The highest BCUT2D eigenvalue weighted by molar-refractivity contribution is 6.07. The second-order valence-electron chi connectivity index (χ2n) is 5.44. The second-order valence-corrected chi connectivity index (χ2v) is 5.44. The maximum atomic E-state index is 12.1. The third kappa shape index (κ3) is 4.22. The lowest BCUT2D eigenvalue weighted by Crippen LogP contribution is -2.08. The molecule has 0 amide bonds. The Hall–Kier alpha value is -3.28. The van der Waals surface area contributed by atoms with Crippen molar-refractivity contribution in [2.75, 3.05) is 20.8 Å². The fourth-order valence-corrected chi connectivity index (χ4v) is 2.43. The number of methoxy groups -OCH3 is 2. The molecule has 0 atom stereocenters. The normalized spacial score (nSPS) is 14.8. The van der Waals surface area contributed by atoms with Crippen LogP contribution in [0.4, 0.5) is 0 Å². The molecule has 0 spiro atoms. The Labute approximate surface area is 151 Å². The number of hydrogen-bond acceptors (Lipinski definition) is 6. The highest BCUT2D eigenvalue weighted by atomic mass is 16.6. The SMILES string of the molecule is COc1ccc(OC)c(/C=C2\N=C(CCOc3ccccc3)OC2=O)c1. The minimum absolute atomic E-state index is 0.214. The molecular weight excluding hydrogens is 334 g/mol. The van der Waals surface area contributed by atoms with E-state index in [2.05, 4.69) is 4.99 Å². The molecule has 0 radical (unpaired) electrons. The Morgan fingerprint density at radius 2 is 1.85 bits per heavy atom. The van der Waals surface area contributed by atoms with Gasteiger partial charge in [0.2, 0.25) is 5.90 Å². The van der Waals surface area contributed by atoms with Crippen molar-refractivity contribution in [3.8, 4) is 17.2 Å². The van der Waals surface area contributed by atoms with Crippen LogP contribution in [0.3, 0.4) is 0 Å². The van der Waals surface area contributed by atoms with Crippen molar-refractivity contribution in [3.63, 3.8) is 0 Å². The molecule has 0 N–H and O–H groups in total. The van der Waals surface area contributed by atoms with Crippen LogP contribution in [-0.2, 0) is 9.53 Å². The monoisotopic (exact) mass is 353 g/mol. The second kappa shape index (κ2) is 8.20. The van der Waals surface area contributed by atoms with Crippen molar-refractivity contribution in [2.45, 2.75) is 6.42 Å². The Balaban J connectivity index is 1.70. The number of nitrogens with zero attached hydrogens (tertiary/aromatic N) is 1. The fraction of sp³-hybridized carbons (Fsp3) is 0.200. The minimum atomic E-state index is -0.496. The first-order valence-electron chi connectivity index (χ1n) is 8.11. The number of ether oxygens (including phenoxy) is 4. The third-order valence-electron chi connectivity index (χ3n) is 3.72. The standard InChI is InChI=1S/C20H19NO5/c1-23-16-8-9-18(24-2)14(12-16)13-17-20(22)26-19(21-17)10-11-25-15-6-4-3-5-7-15/h3-9,12-13H,10-11H2,1-2H3/b17-13-. The molecule has 0 bridgehead atoms. The van der Waals surface area contributed by atoms with Crippen LogP contribution in [0.2, 0.25) is 0 Å². The maximum absolute atomic E-state index is 12.1. The molecule has 6 nitrogen and oxygen atoms in total. The quantitative estimate of drug-likeness (QED) is 0.563. The zero-order valence-electron chi connectivity index (χ0n) is 14.6. The molecule has 26 heavy (non-hydrogen) atoms. The van der Waals surface area contributed by atoms with Gasteiger partial charge in [0.1, 0.15) is 17.2 Å². The van der Waals surface area contributed by atoms with Gasteiger partial charge in [-0.3, -0.25) is 0 Å². The summed E-state index contributed by atoms with van der Waals surface area (Å²) in [6, 6.07) is 14.7. The molecule has 0 aromatic heterocycles. The van der Waals surface area contributed by atoms with Gasteiger partial charge < -0.3 is 18.9 Å². The Morgan fingerprint density at radius 1 is 1.04 bits per heavy atom. The number of rotatable bonds is 7. The number of hydrogen-bond donors (Lipinski definition) is 0. The molecule has 0 fully saturated rings. The van der Waals surface area contributed by atoms with Crippen molar-refractivity contribution in [1.82, 2.24) is 0 Å². The van der Waals surface area contributed by atoms with Gasteiger partial charge >= 0.3 is 5.97 Å². The highest BCUT2D eigenvalue weighted by Crippen LogP contribution is 2.27. The van der Waals surface area contributed by atoms with E-state index in [1.165, 1.54) is 0 Å². The van der Waals surface area contributed by atoms with Crippen LogP contribution >= 0.6 is 0 Å². The molecule has 0 aliphatic carbocycles. The number of aliphatic imine (C=N–C) groups is 1. The molecule has 134 valence electrons. The van der Waals surface area contributed by atoms with E-state index in [1.807, 2.05) is 30.3 Å². The molecule has 3 rings (SSSR count). The topological polar surface area (TPSA) is 66.3 Å². The lowest BCUT2D eigenvalue weighted by Gasteiger charge is -2.07. The molecule has 2 aromatic carbocycles. The summed E-state index contributed by atoms with van der Waals surface area (Å²) in [7, 11) is 3.14. The predicted molar refractivity (Wildman–Crippen MR) is 97.6 cm³/mol. The first-order chi connectivity index (χ1) is 12.7. The average Bonchev–Trinajstić information content (AvgIpc) is 3.02. The van der Waals surface area contributed by atoms with Crippen molar-refractivity contribution in [2.24, 2.45) is 4.99 Å². The van der Waals surface area contributed by atoms with Gasteiger partial charge in [-0.2, -0.15) is 0 Å². The Kier molecular flexibility index (Phi) is 5.53. The van der Waals surface area contributed by atoms with Gasteiger partial charge in [0.05, 0.1) is 27.2 Å². The summed E-state index contributed by atoms with van der Waals surface area (Å²) in [4.78, 5) is 16.3. The Bertz CT molecular complexity index is 843. The molecule has 1 aliphatic rings. The van der Waals surface area contributed by atoms with E-state index in [0.717, 1.165) is 5.75 Å². The predicted octanol–water partition coefficient (Wildman–Crippen LogP) is 3.47. The van der Waals surface area contributed by atoms with Gasteiger partial charge in [-0.05, 0) is 36.4 Å². The lowest BCUT2D eigenvalue weighted by molar-refractivity contribution is -0.130. The van der Waals surface area contributed by atoms with E-state index < -0.39 is 5.97 Å². The lowest BCUT2D eigenvalue weighted by atomic mass is 10.1. The van der Waals surface area contributed by atoms with Crippen molar-refractivity contribution in [1.29, 1.82) is 0 Å². The van der Waals surface area contributed by atoms with Crippen LogP contribution < -0.4 is 14.2 Å². The average molecular weight is 353 g/mol. The summed E-state index contributed by atoms with van der Waals surface area (Å²) in [5, 5.41) is 0. The zero-order valence-corrected chi connectivity index (χ0v) is 14.6. The van der Waals surface area contributed by atoms with Crippen LogP contribution in [-0.4, -0.2) is 32.7 Å². The first kappa shape index (κ1) is 17.5. The smallest absolute Gasteiger partial charge is 0.363 e. The molecule has 0 saturated carbocycles. The number of cyclic esters (lactones) is 1. The molecule has 0 saturated heterocycles. The molecule has 6 heteroatoms. The maximum Gasteiger partial charge on any atom is 0.363 e. The zero-order chi connectivity index (χ0) is 18.4. The molecule has 1 aliphatic heterocycles. The van der Waals surface area contributed by atoms with Crippen LogP contribution in [0.5, 0.6) is 17.2 Å². The van der Waals surface area contributed by atoms with Crippen LogP contribution in [0, 0.1) is 0 Å². The minimum Gasteiger partial charge on any atom is -0.497 e. The van der Waals surface area contributed by atoms with Crippen LogP contribution in [0.15, 0.2) is 59.2 Å². The van der Waals surface area contributed by atoms with Gasteiger partial charge in [-0.15, -0.1) is 0 Å². The number of benzene rings is 2. The summed E-state index contributed by atoms with van der Waals surface area (Å²) >= 11 is 0. The first-order valence-corrected chi connectivity index (χ1v) is 8.11. The Morgan fingerprint density at radius 3 is 2.58 bits per heavy atom. The van der Waals surface area contributed by atoms with E-state index in [0.29, 0.717) is 36.0 Å². The number of carbonyl (C=O) groups excluding carboxylic acids is 1. The molecule has 0 unspecified atom stereocenters. The molecule has 2 aromatic rings.